The molecule has 5 unspecified atom stereocenters. The van der Waals surface area contributed by atoms with Gasteiger partial charge in [0.1, 0.15) is 11.5 Å². The number of aryl methyl sites for hydroxylation is 8. The fourth-order valence-electron chi connectivity index (χ4n) is 19.1. The second-order valence-electron chi connectivity index (χ2n) is 41.9. The van der Waals surface area contributed by atoms with Crippen LogP contribution in [0.3, 0.4) is 0 Å². The summed E-state index contributed by atoms with van der Waals surface area (Å²) in [6.45, 7) is 41.2. The number of benzene rings is 14. The van der Waals surface area contributed by atoms with Crippen molar-refractivity contribution in [1.29, 1.82) is 0 Å². The molecule has 2 fully saturated rings. The maximum Gasteiger partial charge on any atom is 0.416 e. The Morgan fingerprint density at radius 1 is 0.252 bits per heavy atom. The molecule has 2 aliphatic rings. The van der Waals surface area contributed by atoms with E-state index in [1.54, 1.807) is 38.5 Å². The summed E-state index contributed by atoms with van der Waals surface area (Å²) in [5.41, 5.74) is 9.64. The van der Waals surface area contributed by atoms with Gasteiger partial charge in [-0.2, -0.15) is 26.3 Å². The summed E-state index contributed by atoms with van der Waals surface area (Å²) in [6, 6.07) is 103. The van der Waals surface area contributed by atoms with Crippen molar-refractivity contribution in [2.24, 2.45) is 0 Å². The summed E-state index contributed by atoms with van der Waals surface area (Å²) < 4.78 is 157. The molecule has 23 heteroatoms. The third-order valence-corrected chi connectivity index (χ3v) is 49.8. The van der Waals surface area contributed by atoms with Crippen LogP contribution in [0.15, 0.2) is 322 Å². The lowest BCUT2D eigenvalue weighted by Gasteiger charge is -2.38. The van der Waals surface area contributed by atoms with E-state index in [1.807, 2.05) is 120 Å². The molecule has 147 heavy (non-hydrogen) atoms. The van der Waals surface area contributed by atoms with Gasteiger partial charge in [-0.25, -0.2) is 0 Å². The molecule has 0 aliphatic heterocycles. The first-order chi connectivity index (χ1) is 69.6. The van der Waals surface area contributed by atoms with Gasteiger partial charge in [-0.15, -0.1) is 0 Å². The fraction of sp³-hybridized carbons (Fsp3) is 0.323. The molecule has 2 aliphatic carbocycles. The van der Waals surface area contributed by atoms with Crippen LogP contribution >= 0.6 is 78.6 Å². The van der Waals surface area contributed by atoms with E-state index in [0.717, 1.165) is 101 Å². The van der Waals surface area contributed by atoms with E-state index in [0.29, 0.717) is 21.2 Å². The van der Waals surface area contributed by atoms with Gasteiger partial charge in [0, 0.05) is 26.5 Å². The van der Waals surface area contributed by atoms with Crippen molar-refractivity contribution in [3.05, 3.63) is 377 Å². The summed E-state index contributed by atoms with van der Waals surface area (Å²) in [6.07, 6.45) is 5.06. The molecule has 0 spiro atoms. The minimum atomic E-state index is -4.51. The number of halogens is 6. The summed E-state index contributed by atoms with van der Waals surface area (Å²) in [4.78, 5) is 0. The molecule has 0 aromatic heterocycles. The van der Waals surface area contributed by atoms with Crippen LogP contribution < -0.4 is 110 Å². The van der Waals surface area contributed by atoms with Crippen molar-refractivity contribution in [2.75, 3.05) is 14.2 Å². The molecule has 0 N–H and O–H groups in total. The second-order valence-corrected chi connectivity index (χ2v) is 64.7. The summed E-state index contributed by atoms with van der Waals surface area (Å²) in [5.74, 6) is 1.84. The number of hydrogen-bond donors (Lipinski definition) is 0. The molecule has 0 bridgehead atoms. The summed E-state index contributed by atoms with van der Waals surface area (Å²) in [5, 5.41) is 18.5. The first-order valence-corrected chi connectivity index (χ1v) is 63.5. The van der Waals surface area contributed by atoms with Crippen LogP contribution in [-0.4, -0.2) is 46.2 Å². The highest BCUT2D eigenvalue weighted by Gasteiger charge is 2.47. The van der Waals surface area contributed by atoms with Gasteiger partial charge in [-0.1, -0.05) is 292 Å². The standard InChI is InChI=1S/C28H35O3P2.C26H31OP2.C24H21F6OP2.C24H19OP2.C22H35OP2/c1-18-14-22(15-19(2)26(18)30-8)32(23-16-20(3)27(31-9)21(4)17-23)24-12-10-11-13-25(24)33(29)28(5,6)7;1-18-12-19(2)15-22(14-18)28(23-16-20(3)13-21(4)17-23)24-10-8-9-11-25(24)29(27)26(5,6)7;1-22(2,3)33(31)21-7-5-4-6-20(21)32(18-12-8-16(9-13-18)23(25,26)27)19-14-10-17(11-15-19)24(28,29)30;25-27(22-16-8-3-9-17-22)24-19-11-10-18-23(24)26(20-12-4-1-5-13-20)21-14-6-2-7-15-21;1-22(2,3)25(23)21-17-11-10-16-20(21)24(18-12-6-4-7-13-18)19-14-8-5-9-15-19/h10-17H,1-9H3;8-17H,1-7H3;4-15H,1-3H3;1-19H;10-11,16-19H,4-9,12-15H2,1-3H3/q5*+1. The molecule has 766 valence electrons. The molecule has 14 aromatic rings. The molecule has 0 amide bonds. The van der Waals surface area contributed by atoms with Gasteiger partial charge >= 0.3 is 51.4 Å². The zero-order valence-corrected chi connectivity index (χ0v) is 97.9. The molecule has 14 aromatic carbocycles. The molecule has 0 heterocycles. The Morgan fingerprint density at radius 3 is 0.748 bits per heavy atom. The highest BCUT2D eigenvalue weighted by Crippen LogP contribution is 2.57. The SMILES string of the molecule is CC(C)(C)[P+](=O)c1ccccc1P(C1CCCCC1)C1CCCCC1.CC(C)(C)[P+](=O)c1ccccc1P(c1ccc(C(F)(F)F)cc1)c1ccc(C(F)(F)F)cc1.COc1c(C)cc(P(c2cc(C)c(OC)c(C)c2)c2ccccc2[P+](=O)C(C)(C)C)cc1C.Cc1cc(C)cc(P(c2cc(C)cc(C)c2)c2ccccc2[P+](=O)C(C)(C)C)c1.O=[P+](c1ccccc1)c1ccccc1P(c1ccccc1)c1ccccc1. The Hall–Kier alpha value is -9.09. The van der Waals surface area contributed by atoms with Gasteiger partial charge in [-0.3, -0.25) is 0 Å². The number of rotatable bonds is 23. The molecular formula is C124H141F6O7P10+5. The van der Waals surface area contributed by atoms with Crippen LogP contribution in [0.25, 0.3) is 0 Å². The quantitative estimate of drug-likeness (QED) is 0.0464. The monoisotopic (exact) mass is 2170 g/mol. The van der Waals surface area contributed by atoms with Crippen molar-refractivity contribution in [3.8, 4) is 11.5 Å². The fourth-order valence-corrected chi connectivity index (χ4v) is 42.0. The van der Waals surface area contributed by atoms with E-state index in [-0.39, 0.29) is 23.4 Å². The van der Waals surface area contributed by atoms with Gasteiger partial charge in [0.2, 0.25) is 5.30 Å². The van der Waals surface area contributed by atoms with Crippen molar-refractivity contribution in [1.82, 2.24) is 0 Å². The van der Waals surface area contributed by atoms with E-state index in [4.69, 9.17) is 9.47 Å². The predicted octanol–water partition coefficient (Wildman–Crippen LogP) is 29.5. The van der Waals surface area contributed by atoms with Crippen molar-refractivity contribution >= 4 is 179 Å². The maximum atomic E-state index is 13.6. The van der Waals surface area contributed by atoms with Gasteiger partial charge < -0.3 is 9.47 Å². The Bertz CT molecular complexity index is 6590. The highest BCUT2D eigenvalue weighted by atomic mass is 31.1. The van der Waals surface area contributed by atoms with Crippen molar-refractivity contribution in [3.63, 3.8) is 0 Å². The maximum absolute atomic E-state index is 13.6. The first kappa shape index (κ1) is 117. The summed E-state index contributed by atoms with van der Waals surface area (Å²) >= 11 is 0. The average molecular weight is 2170 g/mol. The molecule has 7 nitrogen and oxygen atoms in total. The Labute approximate surface area is 881 Å². The van der Waals surface area contributed by atoms with E-state index in [2.05, 4.69) is 267 Å². The smallest absolute Gasteiger partial charge is 0.416 e. The van der Waals surface area contributed by atoms with E-state index in [1.165, 1.54) is 158 Å². The molecule has 5 atom stereocenters. The second kappa shape index (κ2) is 51.8. The number of ether oxygens (including phenoxy) is 2. The van der Waals surface area contributed by atoms with Crippen LogP contribution in [-0.2, 0) is 35.2 Å². The number of methoxy groups -OCH3 is 2. The Kier molecular flexibility index (Phi) is 41.1. The first-order valence-electron chi connectivity index (χ1n) is 50.3. The zero-order chi connectivity index (χ0) is 107. The minimum Gasteiger partial charge on any atom is -0.496 e. The van der Waals surface area contributed by atoms with Crippen molar-refractivity contribution < 1.29 is 58.6 Å². The largest absolute Gasteiger partial charge is 0.496 e. The topological polar surface area (TPSA) is 104 Å². The molecule has 0 radical (unpaired) electrons. The predicted molar refractivity (Wildman–Crippen MR) is 630 cm³/mol. The van der Waals surface area contributed by atoms with Crippen LogP contribution in [0.4, 0.5) is 26.3 Å². The summed E-state index contributed by atoms with van der Waals surface area (Å²) in [7, 11) is -8.78. The lowest BCUT2D eigenvalue weighted by molar-refractivity contribution is -0.138. The molecule has 2 saturated carbocycles. The van der Waals surface area contributed by atoms with Gasteiger partial charge in [0.25, 0.3) is 0 Å². The highest BCUT2D eigenvalue weighted by molar-refractivity contribution is 7.83. The molecule has 0 saturated heterocycles. The lowest BCUT2D eigenvalue weighted by Crippen LogP contribution is -2.33. The van der Waals surface area contributed by atoms with Crippen LogP contribution in [0.2, 0.25) is 0 Å². The Balaban J connectivity index is 0.000000164. The molecule has 16 rings (SSSR count). The van der Waals surface area contributed by atoms with Gasteiger partial charge in [0.15, 0.2) is 47.1 Å². The number of hydrogen-bond acceptors (Lipinski definition) is 7. The number of alkyl halides is 6. The van der Waals surface area contributed by atoms with Gasteiger partial charge in [0.05, 0.1) is 25.3 Å². The third-order valence-electron chi connectivity index (χ3n) is 25.8. The zero-order valence-electron chi connectivity index (χ0n) is 88.9. The van der Waals surface area contributed by atoms with Crippen LogP contribution in [0.5, 0.6) is 11.5 Å². The van der Waals surface area contributed by atoms with E-state index < -0.39 is 99.3 Å². The molecular weight excluding hydrogens is 2030 g/mol. The van der Waals surface area contributed by atoms with E-state index >= 15 is 0 Å². The third kappa shape index (κ3) is 30.5. The average Bonchev–Trinajstić information content (AvgIpc) is 0.758. The Morgan fingerprint density at radius 2 is 0.476 bits per heavy atom. The van der Waals surface area contributed by atoms with Crippen LogP contribution in [0, 0.1) is 55.4 Å². The minimum absolute atomic E-state index is 0.147. The van der Waals surface area contributed by atoms with Crippen molar-refractivity contribution in [2.45, 2.75) is 247 Å². The van der Waals surface area contributed by atoms with Gasteiger partial charge in [-0.05, 0) is 393 Å². The van der Waals surface area contributed by atoms with Crippen LogP contribution in [0.1, 0.15) is 203 Å². The van der Waals surface area contributed by atoms with E-state index in [9.17, 15) is 49.2 Å². The lowest BCUT2D eigenvalue weighted by atomic mass is 9.99. The normalized spacial score (nSPS) is 13.9.